The normalized spacial score (nSPS) is 19.0. The van der Waals surface area contributed by atoms with Gasteiger partial charge in [-0.3, -0.25) is 0 Å². The molecule has 1 aromatic carbocycles. The van der Waals surface area contributed by atoms with E-state index in [2.05, 4.69) is 15.9 Å². The van der Waals surface area contributed by atoms with Gasteiger partial charge in [-0.15, -0.1) is 0 Å². The molecular weight excluding hydrogens is 339 g/mol. The first-order valence-corrected chi connectivity index (χ1v) is 7.68. The van der Waals surface area contributed by atoms with Gasteiger partial charge in [0, 0.05) is 19.1 Å². The Morgan fingerprint density at radius 1 is 1.48 bits per heavy atom. The van der Waals surface area contributed by atoms with E-state index < -0.39 is 5.60 Å². The topological polar surface area (TPSA) is 55.6 Å². The molecule has 21 heavy (non-hydrogen) atoms. The van der Waals surface area contributed by atoms with Crippen LogP contribution in [0.3, 0.4) is 0 Å². The number of carbonyl (C=O) groups excluding carboxylic acids is 1. The molecule has 0 saturated heterocycles. The van der Waals surface area contributed by atoms with Crippen LogP contribution in [0.1, 0.15) is 44.4 Å². The number of nitrogens with zero attached hydrogens (tertiary/aromatic N) is 1. The van der Waals surface area contributed by atoms with Crippen LogP contribution in [-0.4, -0.2) is 23.1 Å². The largest absolute Gasteiger partial charge is 0.444 e. The van der Waals surface area contributed by atoms with Crippen LogP contribution >= 0.6 is 15.9 Å². The molecule has 116 valence electrons. The van der Waals surface area contributed by atoms with Crippen molar-refractivity contribution in [2.24, 2.45) is 5.73 Å². The van der Waals surface area contributed by atoms with Crippen LogP contribution in [0.4, 0.5) is 9.18 Å². The van der Waals surface area contributed by atoms with Gasteiger partial charge in [0.05, 0.1) is 4.47 Å². The third kappa shape index (κ3) is 3.95. The summed E-state index contributed by atoms with van der Waals surface area (Å²) in [5.41, 5.74) is 7.15. The van der Waals surface area contributed by atoms with E-state index in [1.54, 1.807) is 11.0 Å². The second kappa shape index (κ2) is 5.93. The van der Waals surface area contributed by atoms with Gasteiger partial charge in [-0.1, -0.05) is 0 Å². The lowest BCUT2D eigenvalue weighted by Gasteiger charge is -2.26. The second-order valence-electron chi connectivity index (χ2n) is 6.26. The Morgan fingerprint density at radius 2 is 2.14 bits per heavy atom. The number of halogens is 2. The number of amides is 1. The summed E-state index contributed by atoms with van der Waals surface area (Å²) < 4.78 is 19.5. The zero-order chi connectivity index (χ0) is 15.8. The monoisotopic (exact) mass is 358 g/mol. The van der Waals surface area contributed by atoms with Crippen LogP contribution in [0.15, 0.2) is 16.6 Å². The summed E-state index contributed by atoms with van der Waals surface area (Å²) in [6.45, 7) is 6.35. The summed E-state index contributed by atoms with van der Waals surface area (Å²) in [4.78, 5) is 13.8. The maximum absolute atomic E-state index is 13.7. The first-order chi connectivity index (χ1) is 9.67. The number of rotatable bonds is 0. The molecule has 0 aromatic heterocycles. The SMILES string of the molecule is CC(C)(C)OC(=O)N1CC[C@H](N)c2cc(F)c(Br)cc2C1. The third-order valence-corrected chi connectivity index (χ3v) is 3.91. The summed E-state index contributed by atoms with van der Waals surface area (Å²) in [6, 6.07) is 2.85. The molecule has 0 saturated carbocycles. The molecule has 1 aliphatic heterocycles. The van der Waals surface area contributed by atoms with Gasteiger partial charge in [0.25, 0.3) is 0 Å². The summed E-state index contributed by atoms with van der Waals surface area (Å²) in [5, 5.41) is 0. The Hall–Kier alpha value is -1.14. The van der Waals surface area contributed by atoms with Gasteiger partial charge in [0.2, 0.25) is 0 Å². The fourth-order valence-corrected chi connectivity index (χ4v) is 2.69. The van der Waals surface area contributed by atoms with Gasteiger partial charge < -0.3 is 15.4 Å². The molecular formula is C15H20BrFN2O2. The minimum Gasteiger partial charge on any atom is -0.444 e. The number of benzene rings is 1. The Labute approximate surface area is 132 Å². The van der Waals surface area contributed by atoms with E-state index in [0.29, 0.717) is 24.0 Å². The van der Waals surface area contributed by atoms with Gasteiger partial charge in [-0.05, 0) is 66.4 Å². The molecule has 0 radical (unpaired) electrons. The highest BCUT2D eigenvalue weighted by Crippen LogP contribution is 2.30. The molecule has 1 heterocycles. The fraction of sp³-hybridized carbons (Fsp3) is 0.533. The van der Waals surface area contributed by atoms with E-state index in [0.717, 1.165) is 11.1 Å². The molecule has 0 spiro atoms. The molecule has 6 heteroatoms. The number of ether oxygens (including phenoxy) is 1. The molecule has 4 nitrogen and oxygen atoms in total. The Morgan fingerprint density at radius 3 is 2.76 bits per heavy atom. The molecule has 2 N–H and O–H groups in total. The molecule has 0 fully saturated rings. The Bertz CT molecular complexity index is 557. The second-order valence-corrected chi connectivity index (χ2v) is 7.12. The van der Waals surface area contributed by atoms with Gasteiger partial charge in [0.1, 0.15) is 11.4 Å². The third-order valence-electron chi connectivity index (χ3n) is 3.30. The zero-order valence-electron chi connectivity index (χ0n) is 12.5. The van der Waals surface area contributed by atoms with E-state index >= 15 is 0 Å². The zero-order valence-corrected chi connectivity index (χ0v) is 14.0. The highest BCUT2D eigenvalue weighted by Gasteiger charge is 2.27. The molecule has 1 aliphatic rings. The molecule has 1 amide bonds. The van der Waals surface area contributed by atoms with Crippen LogP contribution in [0.5, 0.6) is 0 Å². The predicted molar refractivity (Wildman–Crippen MR) is 82.3 cm³/mol. The maximum Gasteiger partial charge on any atom is 0.410 e. The summed E-state index contributed by atoms with van der Waals surface area (Å²) in [5.74, 6) is -0.338. The highest BCUT2D eigenvalue weighted by molar-refractivity contribution is 9.10. The van der Waals surface area contributed by atoms with Crippen LogP contribution in [0, 0.1) is 5.82 Å². The van der Waals surface area contributed by atoms with Crippen molar-refractivity contribution in [3.05, 3.63) is 33.5 Å². The van der Waals surface area contributed by atoms with E-state index in [1.807, 2.05) is 20.8 Å². The molecule has 0 bridgehead atoms. The van der Waals surface area contributed by atoms with Gasteiger partial charge in [-0.25, -0.2) is 9.18 Å². The number of hydrogen-bond acceptors (Lipinski definition) is 3. The average Bonchev–Trinajstić information content (AvgIpc) is 2.49. The number of nitrogens with two attached hydrogens (primary N) is 1. The lowest BCUT2D eigenvalue weighted by molar-refractivity contribution is 0.0235. The number of fused-ring (bicyclic) bond motifs is 1. The van der Waals surface area contributed by atoms with Crippen molar-refractivity contribution in [2.75, 3.05) is 6.54 Å². The van der Waals surface area contributed by atoms with E-state index in [4.69, 9.17) is 10.5 Å². The van der Waals surface area contributed by atoms with Crippen LogP contribution in [0.25, 0.3) is 0 Å². The highest BCUT2D eigenvalue weighted by atomic mass is 79.9. The van der Waals surface area contributed by atoms with Crippen molar-refractivity contribution in [3.8, 4) is 0 Å². The van der Waals surface area contributed by atoms with E-state index in [1.165, 1.54) is 6.07 Å². The van der Waals surface area contributed by atoms with Crippen molar-refractivity contribution in [2.45, 2.75) is 45.4 Å². The lowest BCUT2D eigenvalue weighted by Crippen LogP contribution is -2.36. The minimum absolute atomic E-state index is 0.282. The van der Waals surface area contributed by atoms with Crippen molar-refractivity contribution in [1.29, 1.82) is 0 Å². The average molecular weight is 359 g/mol. The summed E-state index contributed by atoms with van der Waals surface area (Å²) >= 11 is 3.18. The van der Waals surface area contributed by atoms with Crippen LogP contribution < -0.4 is 5.73 Å². The Balaban J connectivity index is 2.27. The van der Waals surface area contributed by atoms with Gasteiger partial charge >= 0.3 is 6.09 Å². The summed E-state index contributed by atoms with van der Waals surface area (Å²) in [6.07, 6.45) is 0.204. The first kappa shape index (κ1) is 16.2. The van der Waals surface area contributed by atoms with Crippen molar-refractivity contribution < 1.29 is 13.9 Å². The quantitative estimate of drug-likeness (QED) is 0.768. The van der Waals surface area contributed by atoms with Crippen molar-refractivity contribution >= 4 is 22.0 Å². The van der Waals surface area contributed by atoms with Gasteiger partial charge in [-0.2, -0.15) is 0 Å². The van der Waals surface area contributed by atoms with Crippen molar-refractivity contribution in [1.82, 2.24) is 4.90 Å². The Kier molecular flexibility index (Phi) is 4.58. The minimum atomic E-state index is -0.544. The summed E-state index contributed by atoms with van der Waals surface area (Å²) in [7, 11) is 0. The molecule has 0 unspecified atom stereocenters. The molecule has 0 aliphatic carbocycles. The van der Waals surface area contributed by atoms with Crippen LogP contribution in [0.2, 0.25) is 0 Å². The molecule has 2 rings (SSSR count). The van der Waals surface area contributed by atoms with Crippen molar-refractivity contribution in [3.63, 3.8) is 0 Å². The van der Waals surface area contributed by atoms with Gasteiger partial charge in [0.15, 0.2) is 0 Å². The first-order valence-electron chi connectivity index (χ1n) is 6.88. The smallest absolute Gasteiger partial charge is 0.410 e. The fourth-order valence-electron chi connectivity index (χ4n) is 2.30. The number of carbonyl (C=O) groups is 1. The molecule has 1 atom stereocenters. The number of hydrogen-bond donors (Lipinski definition) is 1. The van der Waals surface area contributed by atoms with E-state index in [-0.39, 0.29) is 18.0 Å². The molecule has 1 aromatic rings. The lowest BCUT2D eigenvalue weighted by atomic mass is 10.00. The maximum atomic E-state index is 13.7. The standard InChI is InChI=1S/C15H20BrFN2O2/c1-15(2,3)21-14(20)19-5-4-13(18)10-7-12(17)11(16)6-9(10)8-19/h6-7,13H,4-5,8,18H2,1-3H3/t13-/m0/s1. The predicted octanol–water partition coefficient (Wildman–Crippen LogP) is 3.73. The van der Waals surface area contributed by atoms with E-state index in [9.17, 15) is 9.18 Å². The van der Waals surface area contributed by atoms with Crippen LogP contribution in [-0.2, 0) is 11.3 Å².